The summed E-state index contributed by atoms with van der Waals surface area (Å²) < 4.78 is 15.5. The van der Waals surface area contributed by atoms with Crippen LogP contribution in [-0.4, -0.2) is 9.55 Å². The number of nitrogen functional groups attached to an aromatic ring is 1. The van der Waals surface area contributed by atoms with Crippen molar-refractivity contribution in [2.24, 2.45) is 0 Å². The highest BCUT2D eigenvalue weighted by Gasteiger charge is 2.17. The van der Waals surface area contributed by atoms with Gasteiger partial charge in [0, 0.05) is 6.07 Å². The molecule has 5 heteroatoms. The Bertz CT molecular complexity index is 731. The van der Waals surface area contributed by atoms with Gasteiger partial charge in [0.2, 0.25) is 5.95 Å². The second-order valence-corrected chi connectivity index (χ2v) is 5.44. The van der Waals surface area contributed by atoms with Crippen molar-refractivity contribution in [3.8, 4) is 0 Å². The summed E-state index contributed by atoms with van der Waals surface area (Å²) in [6.07, 6.45) is 0. The van der Waals surface area contributed by atoms with Gasteiger partial charge in [-0.2, -0.15) is 11.3 Å². The van der Waals surface area contributed by atoms with Gasteiger partial charge in [0.25, 0.3) is 0 Å². The molecular weight excluding hydrogens is 261 g/mol. The van der Waals surface area contributed by atoms with Crippen LogP contribution in [0.15, 0.2) is 29.0 Å². The first-order valence-corrected chi connectivity index (χ1v) is 6.98. The quantitative estimate of drug-likeness (QED) is 0.774. The fourth-order valence-electron chi connectivity index (χ4n) is 2.31. The third-order valence-electron chi connectivity index (χ3n) is 3.41. The molecule has 1 unspecified atom stereocenters. The Hall–Kier alpha value is -1.88. The summed E-state index contributed by atoms with van der Waals surface area (Å²) in [5.41, 5.74) is 9.25. The molecule has 0 fully saturated rings. The van der Waals surface area contributed by atoms with Crippen molar-refractivity contribution in [2.75, 3.05) is 5.73 Å². The van der Waals surface area contributed by atoms with Gasteiger partial charge in [-0.1, -0.05) is 0 Å². The van der Waals surface area contributed by atoms with E-state index in [-0.39, 0.29) is 11.9 Å². The monoisotopic (exact) mass is 275 g/mol. The summed E-state index contributed by atoms with van der Waals surface area (Å²) in [5, 5.41) is 4.12. The molecule has 0 saturated carbocycles. The Morgan fingerprint density at radius 3 is 2.89 bits per heavy atom. The van der Waals surface area contributed by atoms with Crippen LogP contribution in [0.1, 0.15) is 24.1 Å². The first-order valence-electron chi connectivity index (χ1n) is 6.03. The minimum absolute atomic E-state index is 0.0844. The number of rotatable bonds is 2. The fraction of sp³-hybridized carbons (Fsp3) is 0.214. The number of hydrogen-bond acceptors (Lipinski definition) is 3. The van der Waals surface area contributed by atoms with E-state index >= 15 is 0 Å². The molecule has 0 aliphatic carbocycles. The van der Waals surface area contributed by atoms with E-state index in [0.29, 0.717) is 17.0 Å². The zero-order chi connectivity index (χ0) is 13.6. The number of aromatic nitrogens is 2. The van der Waals surface area contributed by atoms with E-state index in [4.69, 9.17) is 5.73 Å². The van der Waals surface area contributed by atoms with E-state index < -0.39 is 0 Å². The van der Waals surface area contributed by atoms with Gasteiger partial charge in [-0.3, -0.25) is 0 Å². The third-order valence-corrected chi connectivity index (χ3v) is 4.11. The largest absolute Gasteiger partial charge is 0.369 e. The lowest BCUT2D eigenvalue weighted by Gasteiger charge is -2.15. The highest BCUT2D eigenvalue weighted by atomic mass is 32.1. The van der Waals surface area contributed by atoms with Gasteiger partial charge in [0.15, 0.2) is 0 Å². The van der Waals surface area contributed by atoms with Gasteiger partial charge < -0.3 is 10.3 Å². The standard InChI is InChI=1S/C14H14FN3S/c1-8-5-13-12(6-11(8)15)17-14(16)18(13)9(2)10-3-4-19-7-10/h3-7,9H,1-2H3,(H2,16,17). The highest BCUT2D eigenvalue weighted by molar-refractivity contribution is 7.07. The van der Waals surface area contributed by atoms with Crippen LogP contribution in [0.3, 0.4) is 0 Å². The Labute approximate surface area is 114 Å². The molecule has 1 aromatic carbocycles. The number of fused-ring (bicyclic) bond motifs is 1. The van der Waals surface area contributed by atoms with Crippen molar-refractivity contribution < 1.29 is 4.39 Å². The van der Waals surface area contributed by atoms with Crippen molar-refractivity contribution in [1.29, 1.82) is 0 Å². The molecule has 0 aliphatic rings. The minimum atomic E-state index is -0.250. The molecule has 3 rings (SSSR count). The second-order valence-electron chi connectivity index (χ2n) is 4.66. The molecule has 0 bridgehead atoms. The molecule has 2 N–H and O–H groups in total. The first kappa shape index (κ1) is 12.2. The van der Waals surface area contributed by atoms with Crippen molar-refractivity contribution in [2.45, 2.75) is 19.9 Å². The van der Waals surface area contributed by atoms with Gasteiger partial charge >= 0.3 is 0 Å². The first-order chi connectivity index (χ1) is 9.08. The van der Waals surface area contributed by atoms with Gasteiger partial charge in [0.1, 0.15) is 5.82 Å². The van der Waals surface area contributed by atoms with E-state index in [1.165, 1.54) is 11.6 Å². The second kappa shape index (κ2) is 4.35. The molecule has 0 aliphatic heterocycles. The summed E-state index contributed by atoms with van der Waals surface area (Å²) >= 11 is 1.65. The number of hydrogen-bond donors (Lipinski definition) is 1. The number of nitrogens with two attached hydrogens (primary N) is 1. The van der Waals surface area contributed by atoms with Gasteiger partial charge in [-0.25, -0.2) is 9.37 Å². The molecule has 0 spiro atoms. The number of nitrogens with zero attached hydrogens (tertiary/aromatic N) is 2. The number of halogens is 1. The average Bonchev–Trinajstić information content (AvgIpc) is 2.97. The number of imidazole rings is 1. The van der Waals surface area contributed by atoms with Crippen LogP contribution in [0.5, 0.6) is 0 Å². The van der Waals surface area contributed by atoms with Crippen LogP contribution < -0.4 is 5.73 Å². The lowest BCUT2D eigenvalue weighted by atomic mass is 10.1. The van der Waals surface area contributed by atoms with Crippen molar-refractivity contribution in [3.05, 3.63) is 45.9 Å². The number of anilines is 1. The van der Waals surface area contributed by atoms with Crippen molar-refractivity contribution in [3.63, 3.8) is 0 Å². The molecule has 3 aromatic rings. The predicted octanol–water partition coefficient (Wildman–Crippen LogP) is 3.74. The SMILES string of the molecule is Cc1cc2c(cc1F)nc(N)n2C(C)c1ccsc1. The van der Waals surface area contributed by atoms with Crippen molar-refractivity contribution >= 4 is 28.3 Å². The minimum Gasteiger partial charge on any atom is -0.369 e. The summed E-state index contributed by atoms with van der Waals surface area (Å²) in [7, 11) is 0. The maximum atomic E-state index is 13.6. The van der Waals surface area contributed by atoms with Crippen LogP contribution in [0.4, 0.5) is 10.3 Å². The molecule has 3 nitrogen and oxygen atoms in total. The molecule has 0 amide bonds. The molecule has 0 radical (unpaired) electrons. The summed E-state index contributed by atoms with van der Waals surface area (Å²) in [6.45, 7) is 3.82. The maximum absolute atomic E-state index is 13.6. The molecule has 1 atom stereocenters. The van der Waals surface area contributed by atoms with Crippen LogP contribution >= 0.6 is 11.3 Å². The van der Waals surface area contributed by atoms with E-state index in [1.54, 1.807) is 24.3 Å². The zero-order valence-electron chi connectivity index (χ0n) is 10.7. The van der Waals surface area contributed by atoms with Crippen molar-refractivity contribution in [1.82, 2.24) is 9.55 Å². The van der Waals surface area contributed by atoms with E-state index in [2.05, 4.69) is 23.4 Å². The summed E-state index contributed by atoms with van der Waals surface area (Å²) in [6, 6.07) is 5.40. The van der Waals surface area contributed by atoms with E-state index in [1.807, 2.05) is 9.95 Å². The number of benzene rings is 1. The Morgan fingerprint density at radius 1 is 1.42 bits per heavy atom. The zero-order valence-corrected chi connectivity index (χ0v) is 11.5. The molecule has 2 heterocycles. The van der Waals surface area contributed by atoms with E-state index in [0.717, 1.165) is 5.52 Å². The van der Waals surface area contributed by atoms with Gasteiger partial charge in [0.05, 0.1) is 17.1 Å². The lowest BCUT2D eigenvalue weighted by molar-refractivity contribution is 0.619. The number of aryl methyl sites for hydroxylation is 1. The summed E-state index contributed by atoms with van der Waals surface area (Å²) in [5.74, 6) is 0.166. The van der Waals surface area contributed by atoms with E-state index in [9.17, 15) is 4.39 Å². The lowest BCUT2D eigenvalue weighted by Crippen LogP contribution is -2.09. The van der Waals surface area contributed by atoms with Gasteiger partial charge in [-0.05, 0) is 47.9 Å². The molecular formula is C14H14FN3S. The average molecular weight is 275 g/mol. The normalized spacial score (nSPS) is 13.0. The summed E-state index contributed by atoms with van der Waals surface area (Å²) in [4.78, 5) is 4.25. The molecule has 98 valence electrons. The third kappa shape index (κ3) is 1.90. The Kier molecular flexibility index (Phi) is 2.78. The molecule has 19 heavy (non-hydrogen) atoms. The Morgan fingerprint density at radius 2 is 2.21 bits per heavy atom. The van der Waals surface area contributed by atoms with Crippen LogP contribution in [0, 0.1) is 12.7 Å². The van der Waals surface area contributed by atoms with Crippen LogP contribution in [-0.2, 0) is 0 Å². The van der Waals surface area contributed by atoms with Crippen LogP contribution in [0.2, 0.25) is 0 Å². The fourth-order valence-corrected chi connectivity index (χ4v) is 3.05. The molecule has 2 aromatic heterocycles. The predicted molar refractivity (Wildman–Crippen MR) is 77.0 cm³/mol. The van der Waals surface area contributed by atoms with Gasteiger partial charge in [-0.15, -0.1) is 0 Å². The Balaban J connectivity index is 2.23. The highest BCUT2D eigenvalue weighted by Crippen LogP contribution is 2.29. The number of thiophene rings is 1. The molecule has 0 saturated heterocycles. The topological polar surface area (TPSA) is 43.8 Å². The van der Waals surface area contributed by atoms with Crippen LogP contribution in [0.25, 0.3) is 11.0 Å². The maximum Gasteiger partial charge on any atom is 0.201 e. The smallest absolute Gasteiger partial charge is 0.201 e.